The van der Waals surface area contributed by atoms with Gasteiger partial charge >= 0.3 is 0 Å². The molecule has 0 spiro atoms. The van der Waals surface area contributed by atoms with Gasteiger partial charge in [0, 0.05) is 0 Å². The lowest BCUT2D eigenvalue weighted by Crippen LogP contribution is -2.38. The zero-order valence-electron chi connectivity index (χ0n) is 11.5. The van der Waals surface area contributed by atoms with Gasteiger partial charge in [-0.15, -0.1) is 0 Å². The van der Waals surface area contributed by atoms with Gasteiger partial charge in [0.1, 0.15) is 0 Å². The van der Waals surface area contributed by atoms with Crippen molar-refractivity contribution in [3.8, 4) is 0 Å². The van der Waals surface area contributed by atoms with Crippen molar-refractivity contribution in [2.24, 2.45) is 5.92 Å². The predicted octanol–water partition coefficient (Wildman–Crippen LogP) is 4.33. The summed E-state index contributed by atoms with van der Waals surface area (Å²) in [5.41, 5.74) is 1.17. The summed E-state index contributed by atoms with van der Waals surface area (Å²) >= 11 is 0. The van der Waals surface area contributed by atoms with Crippen molar-refractivity contribution in [2.75, 3.05) is 11.7 Å². The van der Waals surface area contributed by atoms with Crippen molar-refractivity contribution in [3.05, 3.63) is 42.5 Å². The molecule has 1 atom stereocenters. The van der Waals surface area contributed by atoms with Gasteiger partial charge in [0.2, 0.25) is 0 Å². The molecule has 2 aliphatic rings. The summed E-state index contributed by atoms with van der Waals surface area (Å²) in [5, 5.41) is 2.11. The molecule has 0 saturated heterocycles. The number of anilines is 1. The highest BCUT2D eigenvalue weighted by Crippen LogP contribution is 2.31. The maximum Gasteiger partial charge on any atom is 0.0931 e. The van der Waals surface area contributed by atoms with Crippen molar-refractivity contribution in [2.45, 2.75) is 44.6 Å². The van der Waals surface area contributed by atoms with E-state index in [0.29, 0.717) is 12.6 Å². The number of benzene rings is 1. The van der Waals surface area contributed by atoms with Gasteiger partial charge < -0.3 is 0 Å². The molecule has 1 heterocycles. The van der Waals surface area contributed by atoms with Crippen LogP contribution in [0, 0.1) is 5.92 Å². The van der Waals surface area contributed by atoms with Crippen molar-refractivity contribution in [1.29, 1.82) is 0 Å². The Labute approximate surface area is 116 Å². The fraction of sp³-hybridized carbons (Fsp3) is 0.529. The van der Waals surface area contributed by atoms with Crippen LogP contribution in [-0.4, -0.2) is 12.6 Å². The number of hydrogen-bond donors (Lipinski definition) is 0. The highest BCUT2D eigenvalue weighted by Gasteiger charge is 2.24. The summed E-state index contributed by atoms with van der Waals surface area (Å²) in [6.07, 6.45) is 12.7. The Kier molecular flexibility index (Phi) is 4.19. The Hall–Kier alpha value is -1.28. The smallest absolute Gasteiger partial charge is 0.0931 e. The van der Waals surface area contributed by atoms with Crippen LogP contribution in [0.5, 0.6) is 0 Å². The van der Waals surface area contributed by atoms with Crippen LogP contribution in [0.25, 0.3) is 0 Å². The van der Waals surface area contributed by atoms with E-state index in [1.165, 1.54) is 44.2 Å². The zero-order valence-corrected chi connectivity index (χ0v) is 11.5. The summed E-state index contributed by atoms with van der Waals surface area (Å²) in [4.78, 5) is 5.86. The van der Waals surface area contributed by atoms with Gasteiger partial charge in [-0.05, 0) is 24.5 Å². The third-order valence-electron chi connectivity index (χ3n) is 4.28. The van der Waals surface area contributed by atoms with E-state index in [4.69, 9.17) is 4.84 Å². The molecule has 3 rings (SSSR count). The van der Waals surface area contributed by atoms with E-state index in [1.807, 2.05) is 0 Å². The summed E-state index contributed by atoms with van der Waals surface area (Å²) < 4.78 is 0. The SMILES string of the molecule is C1=C[C@@H](CC2CCCCC2)N(c2ccccc2)OC1. The molecule has 1 fully saturated rings. The summed E-state index contributed by atoms with van der Waals surface area (Å²) in [7, 11) is 0. The van der Waals surface area contributed by atoms with Crippen LogP contribution < -0.4 is 5.06 Å². The van der Waals surface area contributed by atoms with Gasteiger partial charge in [-0.1, -0.05) is 62.5 Å². The third kappa shape index (κ3) is 3.19. The molecule has 1 aromatic rings. The number of para-hydroxylation sites is 1. The summed E-state index contributed by atoms with van der Waals surface area (Å²) in [6.45, 7) is 0.691. The molecule has 1 saturated carbocycles. The van der Waals surface area contributed by atoms with E-state index >= 15 is 0 Å². The maximum absolute atomic E-state index is 5.86. The largest absolute Gasteiger partial charge is 0.269 e. The van der Waals surface area contributed by atoms with Crippen LogP contribution in [0.3, 0.4) is 0 Å². The quantitative estimate of drug-likeness (QED) is 0.747. The zero-order chi connectivity index (χ0) is 12.9. The Morgan fingerprint density at radius 2 is 1.84 bits per heavy atom. The summed E-state index contributed by atoms with van der Waals surface area (Å²) in [6, 6.07) is 10.9. The van der Waals surface area contributed by atoms with Crippen LogP contribution in [0.4, 0.5) is 5.69 Å². The highest BCUT2D eigenvalue weighted by atomic mass is 16.7. The van der Waals surface area contributed by atoms with Gasteiger partial charge in [0.15, 0.2) is 0 Å². The van der Waals surface area contributed by atoms with Crippen LogP contribution in [0.2, 0.25) is 0 Å². The van der Waals surface area contributed by atoms with E-state index in [0.717, 1.165) is 5.92 Å². The first kappa shape index (κ1) is 12.7. The average Bonchev–Trinajstić information content (AvgIpc) is 2.50. The van der Waals surface area contributed by atoms with Crippen LogP contribution in [0.15, 0.2) is 42.5 Å². The van der Waals surface area contributed by atoms with E-state index in [1.54, 1.807) is 0 Å². The Morgan fingerprint density at radius 1 is 1.05 bits per heavy atom. The highest BCUT2D eigenvalue weighted by molar-refractivity contribution is 5.46. The van der Waals surface area contributed by atoms with Crippen molar-refractivity contribution in [3.63, 3.8) is 0 Å². The minimum Gasteiger partial charge on any atom is -0.269 e. The van der Waals surface area contributed by atoms with Crippen molar-refractivity contribution in [1.82, 2.24) is 0 Å². The Balaban J connectivity index is 1.70. The molecule has 0 N–H and O–H groups in total. The standard InChI is InChI=1S/C17H23NO/c1-3-8-15(9-4-1)14-17-12-7-13-19-18(17)16-10-5-2-6-11-16/h2,5-7,10-12,15,17H,1,3-4,8-9,13-14H2/t17-/m0/s1. The average molecular weight is 257 g/mol. The number of hydroxylamine groups is 1. The number of rotatable bonds is 3. The van der Waals surface area contributed by atoms with Crippen molar-refractivity contribution < 1.29 is 4.84 Å². The minimum atomic E-state index is 0.402. The second-order valence-corrected chi connectivity index (χ2v) is 5.69. The van der Waals surface area contributed by atoms with Crippen LogP contribution in [0.1, 0.15) is 38.5 Å². The Morgan fingerprint density at radius 3 is 2.63 bits per heavy atom. The molecule has 0 bridgehead atoms. The van der Waals surface area contributed by atoms with Gasteiger partial charge in [0.05, 0.1) is 18.3 Å². The second kappa shape index (κ2) is 6.25. The Bertz CT molecular complexity index is 409. The first-order chi connectivity index (χ1) is 9.43. The molecule has 102 valence electrons. The molecule has 0 aromatic heterocycles. The fourth-order valence-electron chi connectivity index (χ4n) is 3.29. The minimum absolute atomic E-state index is 0.402. The molecule has 1 aliphatic carbocycles. The van der Waals surface area contributed by atoms with Gasteiger partial charge in [-0.25, -0.2) is 5.06 Å². The molecule has 1 aliphatic heterocycles. The second-order valence-electron chi connectivity index (χ2n) is 5.69. The molecule has 19 heavy (non-hydrogen) atoms. The molecular formula is C17H23NO. The normalized spacial score (nSPS) is 24.6. The molecular weight excluding hydrogens is 234 g/mol. The predicted molar refractivity (Wildman–Crippen MR) is 79.0 cm³/mol. The van der Waals surface area contributed by atoms with Crippen LogP contribution in [-0.2, 0) is 4.84 Å². The lowest BCUT2D eigenvalue weighted by molar-refractivity contribution is 0.0998. The van der Waals surface area contributed by atoms with Gasteiger partial charge in [0.25, 0.3) is 0 Å². The molecule has 0 unspecified atom stereocenters. The van der Waals surface area contributed by atoms with E-state index in [9.17, 15) is 0 Å². The monoisotopic (exact) mass is 257 g/mol. The topological polar surface area (TPSA) is 12.5 Å². The molecule has 2 heteroatoms. The molecule has 1 aromatic carbocycles. The lowest BCUT2D eigenvalue weighted by Gasteiger charge is -2.35. The lowest BCUT2D eigenvalue weighted by atomic mass is 9.84. The van der Waals surface area contributed by atoms with E-state index in [-0.39, 0.29) is 0 Å². The molecule has 2 nitrogen and oxygen atoms in total. The third-order valence-corrected chi connectivity index (χ3v) is 4.28. The maximum atomic E-state index is 5.86. The first-order valence-electron chi connectivity index (χ1n) is 7.57. The molecule has 0 radical (unpaired) electrons. The van der Waals surface area contributed by atoms with E-state index < -0.39 is 0 Å². The fourth-order valence-corrected chi connectivity index (χ4v) is 3.29. The summed E-state index contributed by atoms with van der Waals surface area (Å²) in [5.74, 6) is 0.872. The first-order valence-corrected chi connectivity index (χ1v) is 7.57. The van der Waals surface area contributed by atoms with Crippen LogP contribution >= 0.6 is 0 Å². The van der Waals surface area contributed by atoms with Gasteiger partial charge in [-0.2, -0.15) is 0 Å². The van der Waals surface area contributed by atoms with E-state index in [2.05, 4.69) is 47.5 Å². The van der Waals surface area contributed by atoms with Crippen molar-refractivity contribution >= 4 is 5.69 Å². The number of nitrogens with zero attached hydrogens (tertiary/aromatic N) is 1. The van der Waals surface area contributed by atoms with Gasteiger partial charge in [-0.3, -0.25) is 4.84 Å². The number of hydrogen-bond acceptors (Lipinski definition) is 2. The molecule has 0 amide bonds.